The van der Waals surface area contributed by atoms with Crippen molar-refractivity contribution in [1.29, 1.82) is 0 Å². The summed E-state index contributed by atoms with van der Waals surface area (Å²) in [6, 6.07) is 6.21. The largest absolute Gasteiger partial charge is 0.573 e. The fourth-order valence-corrected chi connectivity index (χ4v) is 2.93. The highest BCUT2D eigenvalue weighted by Crippen LogP contribution is 2.26. The number of hydrogen-bond acceptors (Lipinski definition) is 1. The maximum Gasteiger partial charge on any atom is 0.573 e. The van der Waals surface area contributed by atoms with Crippen molar-refractivity contribution in [3.05, 3.63) is 29.8 Å². The molecule has 0 aliphatic carbocycles. The van der Waals surface area contributed by atoms with Gasteiger partial charge in [-0.15, -0.1) is 13.2 Å². The van der Waals surface area contributed by atoms with Gasteiger partial charge in [-0.05, 0) is 11.6 Å². The van der Waals surface area contributed by atoms with Crippen molar-refractivity contribution in [2.45, 2.75) is 10.9 Å². The Bertz CT molecular complexity index is 303. The van der Waals surface area contributed by atoms with Gasteiger partial charge in [-0.3, -0.25) is 0 Å². The molecule has 0 aliphatic rings. The van der Waals surface area contributed by atoms with Crippen molar-refractivity contribution in [3.8, 4) is 5.75 Å². The summed E-state index contributed by atoms with van der Waals surface area (Å²) >= 11 is 2.81. The number of alkyl halides is 3. The van der Waals surface area contributed by atoms with Crippen LogP contribution in [0.3, 0.4) is 0 Å². The summed E-state index contributed by atoms with van der Waals surface area (Å²) in [7, 11) is 0. The van der Waals surface area contributed by atoms with Gasteiger partial charge in [0.2, 0.25) is 0 Å². The molecule has 0 aliphatic heterocycles. The van der Waals surface area contributed by atoms with E-state index in [0.29, 0.717) is 10.1 Å². The molecule has 0 saturated carbocycles. The lowest BCUT2D eigenvalue weighted by Gasteiger charge is -2.12. The Morgan fingerprint density at radius 3 is 2.50 bits per heavy atom. The molecule has 1 aromatic rings. The lowest BCUT2D eigenvalue weighted by molar-refractivity contribution is -0.274. The average Bonchev–Trinajstić information content (AvgIpc) is 2.06. The number of halogens is 4. The van der Waals surface area contributed by atoms with Crippen LogP contribution in [-0.4, -0.2) is 24.6 Å². The molecule has 1 nitrogen and oxygen atoms in total. The van der Waals surface area contributed by atoms with E-state index in [0.717, 1.165) is 0 Å². The van der Waals surface area contributed by atoms with Gasteiger partial charge in [0.05, 0.1) is 0 Å². The van der Waals surface area contributed by atoms with Gasteiger partial charge < -0.3 is 17.6 Å². The Morgan fingerprint density at radius 2 is 1.93 bits per heavy atom. The molecule has 1 rings (SSSR count). The molecule has 0 saturated heterocycles. The fraction of sp³-hybridized carbons (Fsp3) is 0.250. The van der Waals surface area contributed by atoms with Crippen molar-refractivity contribution in [3.63, 3.8) is 0 Å². The Balaban J connectivity index is 2.84. The molecule has 74 valence electrons. The van der Waals surface area contributed by atoms with E-state index in [2.05, 4.69) is 17.6 Å². The second-order valence-electron chi connectivity index (χ2n) is 2.59. The maximum absolute atomic E-state index is 11.9. The van der Waals surface area contributed by atoms with Crippen LogP contribution >= 0.6 is 12.9 Å². The van der Waals surface area contributed by atoms with Gasteiger partial charge in [0.25, 0.3) is 0 Å². The molecule has 0 bridgehead atoms. The Morgan fingerprint density at radius 1 is 1.29 bits per heavy atom. The second-order valence-corrected chi connectivity index (χ2v) is 5.85. The summed E-state index contributed by atoms with van der Waals surface area (Å²) in [6.45, 7) is 0. The van der Waals surface area contributed by atoms with Crippen LogP contribution in [0.2, 0.25) is 0 Å². The second kappa shape index (κ2) is 5.23. The van der Waals surface area contributed by atoms with E-state index in [4.69, 9.17) is 0 Å². The summed E-state index contributed by atoms with van der Waals surface area (Å²) in [6.07, 6.45) is -4.61. The summed E-state index contributed by atoms with van der Waals surface area (Å²) in [4.78, 5) is 0. The highest BCUT2D eigenvalue weighted by molar-refractivity contribution is 9.23. The quantitative estimate of drug-likeness (QED) is 0.773. The summed E-state index contributed by atoms with van der Waals surface area (Å²) in [5.41, 5.74) is 0.605. The molecule has 0 N–H and O–H groups in total. The van der Waals surface area contributed by atoms with Gasteiger partial charge in [0, 0.05) is 0 Å². The molecule has 0 atom stereocenters. The first kappa shape index (κ1) is 12.1. The van der Waals surface area contributed by atoms with E-state index >= 15 is 0 Å². The predicted octanol–water partition coefficient (Wildman–Crippen LogP) is 3.10. The van der Waals surface area contributed by atoms with Crippen LogP contribution in [0.15, 0.2) is 24.3 Å². The van der Waals surface area contributed by atoms with E-state index in [1.807, 2.05) is 0 Å². The minimum Gasteiger partial charge on any atom is -0.406 e. The van der Waals surface area contributed by atoms with Crippen LogP contribution in [-0.2, 0) is 4.55 Å². The average molecular weight is 279 g/mol. The van der Waals surface area contributed by atoms with Gasteiger partial charge in [0.1, 0.15) is 5.75 Å². The van der Waals surface area contributed by atoms with Gasteiger partial charge in [-0.25, -0.2) is 0 Å². The van der Waals surface area contributed by atoms with Crippen LogP contribution in [0.5, 0.6) is 5.75 Å². The maximum atomic E-state index is 11.9. The molecular formula is C8H6BrF3MgO. The van der Waals surface area contributed by atoms with Gasteiger partial charge in [-0.1, -0.05) is 22.7 Å². The zero-order valence-electron chi connectivity index (χ0n) is 7.14. The zero-order chi connectivity index (χ0) is 10.6. The SMILES string of the molecule is FC(F)(F)Oc1ccccc1[CH2][Mg][Br]. The molecule has 0 fully saturated rings. The van der Waals surface area contributed by atoms with Crippen LogP contribution in [0.1, 0.15) is 5.56 Å². The number of benzene rings is 1. The number of ether oxygens (including phenoxy) is 1. The van der Waals surface area contributed by atoms with Crippen molar-refractivity contribution in [1.82, 2.24) is 0 Å². The molecule has 0 heterocycles. The summed E-state index contributed by atoms with van der Waals surface area (Å²) < 4.78 is 40.3. The topological polar surface area (TPSA) is 9.23 Å². The van der Waals surface area contributed by atoms with E-state index in [9.17, 15) is 13.2 Å². The van der Waals surface area contributed by atoms with Gasteiger partial charge in [-0.2, -0.15) is 0 Å². The van der Waals surface area contributed by atoms with E-state index in [1.165, 1.54) is 12.1 Å². The van der Waals surface area contributed by atoms with E-state index in [-0.39, 0.29) is 5.75 Å². The number of hydrogen-bond donors (Lipinski definition) is 0. The number of para-hydroxylation sites is 1. The zero-order valence-corrected chi connectivity index (χ0v) is 10.1. The van der Waals surface area contributed by atoms with Gasteiger partial charge >= 0.3 is 24.6 Å². The lowest BCUT2D eigenvalue weighted by atomic mass is 10.2. The lowest BCUT2D eigenvalue weighted by Crippen LogP contribution is -2.18. The normalized spacial score (nSPS) is 10.9. The molecule has 0 amide bonds. The molecular weight excluding hydrogens is 273 g/mol. The smallest absolute Gasteiger partial charge is 0.406 e. The van der Waals surface area contributed by atoms with Crippen molar-refractivity contribution in [2.75, 3.05) is 0 Å². The van der Waals surface area contributed by atoms with Crippen LogP contribution in [0.25, 0.3) is 0 Å². The summed E-state index contributed by atoms with van der Waals surface area (Å²) in [5.74, 6) is -0.0908. The first-order chi connectivity index (χ1) is 6.53. The number of rotatable bonds is 3. The fourth-order valence-electron chi connectivity index (χ4n) is 1.04. The molecule has 0 aromatic heterocycles. The molecule has 6 heteroatoms. The van der Waals surface area contributed by atoms with Crippen LogP contribution < -0.4 is 4.74 Å². The van der Waals surface area contributed by atoms with Crippen molar-refractivity contribution in [2.24, 2.45) is 0 Å². The molecule has 0 radical (unpaired) electrons. The van der Waals surface area contributed by atoms with E-state index in [1.54, 1.807) is 12.1 Å². The highest BCUT2D eigenvalue weighted by atomic mass is 79.9. The molecule has 14 heavy (non-hydrogen) atoms. The van der Waals surface area contributed by atoms with Crippen LogP contribution in [0.4, 0.5) is 13.2 Å². The molecule has 1 aromatic carbocycles. The predicted molar refractivity (Wildman–Crippen MR) is 51.5 cm³/mol. The Labute approximate surface area is 95.2 Å². The molecule has 0 spiro atoms. The standard InChI is InChI=1S/C8H6F3O.BrH.Mg/c1-6-4-2-3-5-7(6)12-8(9,10)11;;/h2-5H,1H2;1H;/q;;+1/p-1. The monoisotopic (exact) mass is 278 g/mol. The molecule has 0 unspecified atom stereocenters. The van der Waals surface area contributed by atoms with Crippen molar-refractivity contribution < 1.29 is 17.9 Å². The summed E-state index contributed by atoms with van der Waals surface area (Å²) in [5, 5.41) is 0. The van der Waals surface area contributed by atoms with Crippen molar-refractivity contribution >= 4 is 31.1 Å². The third-order valence-electron chi connectivity index (χ3n) is 1.56. The van der Waals surface area contributed by atoms with E-state index < -0.39 is 24.6 Å². The third kappa shape index (κ3) is 4.06. The van der Waals surface area contributed by atoms with Crippen LogP contribution in [0, 0.1) is 0 Å². The Hall–Kier alpha value is 0.0562. The first-order valence-corrected chi connectivity index (χ1v) is 8.82. The Kier molecular flexibility index (Phi) is 4.53. The first-order valence-electron chi connectivity index (χ1n) is 3.92. The minimum absolute atomic E-state index is 0.0908. The third-order valence-corrected chi connectivity index (χ3v) is 3.48. The highest BCUT2D eigenvalue weighted by Gasteiger charge is 2.31. The minimum atomic E-state index is -4.61. The van der Waals surface area contributed by atoms with Gasteiger partial charge in [0.15, 0.2) is 0 Å².